The van der Waals surface area contributed by atoms with Crippen molar-refractivity contribution in [3.8, 4) is 11.1 Å². The predicted molar refractivity (Wildman–Crippen MR) is 159 cm³/mol. The molecule has 0 bridgehead atoms. The molecule has 6 rings (SSSR count). The molecule has 4 aromatic carbocycles. The Labute approximate surface area is 231 Å². The fourth-order valence-corrected chi connectivity index (χ4v) is 5.89. The molecule has 0 aliphatic heterocycles. The number of nitrogens with two attached hydrogens (primary N) is 1. The van der Waals surface area contributed by atoms with Crippen molar-refractivity contribution in [1.82, 2.24) is 4.98 Å². The summed E-state index contributed by atoms with van der Waals surface area (Å²) in [4.78, 5) is 28.7. The smallest absolute Gasteiger partial charge is 0.255 e. The van der Waals surface area contributed by atoms with E-state index in [2.05, 4.69) is 33.8 Å². The number of aromatic nitrogens is 1. The number of primary amides is 1. The van der Waals surface area contributed by atoms with Crippen LogP contribution in [0.1, 0.15) is 52.0 Å². The van der Waals surface area contributed by atoms with E-state index < -0.39 is 11.7 Å². The number of halogens is 1. The Morgan fingerprint density at radius 3 is 2.50 bits per heavy atom. The van der Waals surface area contributed by atoms with Gasteiger partial charge in [-0.3, -0.25) is 9.59 Å². The zero-order valence-electron chi connectivity index (χ0n) is 22.3. The van der Waals surface area contributed by atoms with Gasteiger partial charge in [-0.1, -0.05) is 37.1 Å². The number of nitrogens with one attached hydrogen (secondary N) is 3. The van der Waals surface area contributed by atoms with Crippen LogP contribution in [-0.2, 0) is 0 Å². The number of fused-ring (bicyclic) bond motifs is 3. The van der Waals surface area contributed by atoms with E-state index >= 15 is 0 Å². The molecular formula is C33H31FN4O2. The molecule has 6 nitrogen and oxygen atoms in total. The molecule has 1 fully saturated rings. The molecule has 1 heterocycles. The van der Waals surface area contributed by atoms with Gasteiger partial charge in [0.25, 0.3) is 11.8 Å². The first kappa shape index (κ1) is 25.6. The molecular weight excluding hydrogens is 503 g/mol. The molecule has 1 aliphatic rings. The minimum atomic E-state index is -0.500. The molecule has 5 aromatic rings. The van der Waals surface area contributed by atoms with Crippen molar-refractivity contribution in [3.05, 3.63) is 95.3 Å². The maximum Gasteiger partial charge on any atom is 0.255 e. The lowest BCUT2D eigenvalue weighted by Gasteiger charge is -2.15. The number of H-pyrrole nitrogens is 1. The Kier molecular flexibility index (Phi) is 6.72. The van der Waals surface area contributed by atoms with Crippen LogP contribution in [-0.4, -0.2) is 23.3 Å². The van der Waals surface area contributed by atoms with Gasteiger partial charge in [0.15, 0.2) is 0 Å². The lowest BCUT2D eigenvalue weighted by atomic mass is 9.93. The number of anilines is 2. The van der Waals surface area contributed by atoms with E-state index in [1.807, 2.05) is 31.2 Å². The molecule has 40 heavy (non-hydrogen) atoms. The second-order valence-electron chi connectivity index (χ2n) is 10.6. The van der Waals surface area contributed by atoms with E-state index in [1.54, 1.807) is 6.07 Å². The summed E-state index contributed by atoms with van der Waals surface area (Å²) >= 11 is 0. The van der Waals surface area contributed by atoms with Crippen molar-refractivity contribution < 1.29 is 14.0 Å². The lowest BCUT2D eigenvalue weighted by Crippen LogP contribution is -2.13. The minimum absolute atomic E-state index is 0.320. The number of hydrogen-bond acceptors (Lipinski definition) is 3. The Balaban J connectivity index is 1.41. The van der Waals surface area contributed by atoms with Crippen LogP contribution in [0.5, 0.6) is 0 Å². The maximum absolute atomic E-state index is 13.3. The highest BCUT2D eigenvalue weighted by atomic mass is 19.1. The van der Waals surface area contributed by atoms with Crippen LogP contribution in [0.4, 0.5) is 15.8 Å². The predicted octanol–water partition coefficient (Wildman–Crippen LogP) is 7.39. The van der Waals surface area contributed by atoms with Crippen molar-refractivity contribution in [2.75, 3.05) is 17.2 Å². The summed E-state index contributed by atoms with van der Waals surface area (Å²) in [7, 11) is 0. The zero-order chi connectivity index (χ0) is 27.8. The van der Waals surface area contributed by atoms with Crippen molar-refractivity contribution >= 4 is 45.0 Å². The normalized spacial score (nSPS) is 13.7. The minimum Gasteiger partial charge on any atom is -0.385 e. The molecule has 2 amide bonds. The molecule has 0 atom stereocenters. The molecule has 202 valence electrons. The van der Waals surface area contributed by atoms with E-state index in [9.17, 15) is 14.0 Å². The Morgan fingerprint density at radius 2 is 1.75 bits per heavy atom. The highest BCUT2D eigenvalue weighted by molar-refractivity contribution is 6.20. The molecule has 1 aromatic heterocycles. The van der Waals surface area contributed by atoms with Gasteiger partial charge in [0.2, 0.25) is 0 Å². The first-order valence-corrected chi connectivity index (χ1v) is 13.7. The standard InChI is InChI=1S/C33H31FN4O2/c1-19-24(7-4-8-28(19)38-33(40)21-9-11-22(34)12-10-21)25-15-16-27(32(35)39)31-30(25)26-14-13-23(17-29(26)37-31)36-18-20-5-2-3-6-20/h4,7-17,20,36-37H,2-3,5-6,18H2,1H3,(H2,35,39)(H,38,40). The summed E-state index contributed by atoms with van der Waals surface area (Å²) in [5, 5.41) is 8.43. The first-order chi connectivity index (χ1) is 19.4. The third-order valence-electron chi connectivity index (χ3n) is 8.07. The van der Waals surface area contributed by atoms with Gasteiger partial charge in [0.1, 0.15) is 5.82 Å². The molecule has 1 aliphatic carbocycles. The fraction of sp³-hybridized carbons (Fsp3) is 0.212. The topological polar surface area (TPSA) is 100 Å². The molecule has 0 saturated heterocycles. The van der Waals surface area contributed by atoms with Crippen LogP contribution in [0.25, 0.3) is 32.9 Å². The monoisotopic (exact) mass is 534 g/mol. The van der Waals surface area contributed by atoms with E-state index in [0.717, 1.165) is 45.2 Å². The van der Waals surface area contributed by atoms with Crippen LogP contribution in [0.2, 0.25) is 0 Å². The summed E-state index contributed by atoms with van der Waals surface area (Å²) < 4.78 is 13.3. The van der Waals surface area contributed by atoms with Crippen LogP contribution in [0, 0.1) is 18.7 Å². The van der Waals surface area contributed by atoms with Gasteiger partial charge in [-0.2, -0.15) is 0 Å². The second-order valence-corrected chi connectivity index (χ2v) is 10.6. The van der Waals surface area contributed by atoms with Crippen LogP contribution >= 0.6 is 0 Å². The number of aromatic amines is 1. The van der Waals surface area contributed by atoms with E-state index in [1.165, 1.54) is 49.9 Å². The summed E-state index contributed by atoms with van der Waals surface area (Å²) in [6.45, 7) is 2.91. The maximum atomic E-state index is 13.3. The SMILES string of the molecule is Cc1c(NC(=O)c2ccc(F)cc2)cccc1-c1ccc(C(N)=O)c2[nH]c3cc(NCC4CCCC4)ccc3c12. The fourth-order valence-electron chi connectivity index (χ4n) is 5.89. The molecule has 0 unspecified atom stereocenters. The van der Waals surface area contributed by atoms with E-state index in [-0.39, 0.29) is 5.91 Å². The third kappa shape index (κ3) is 4.79. The lowest BCUT2D eigenvalue weighted by molar-refractivity contribution is 0.0999. The number of amides is 2. The molecule has 5 N–H and O–H groups in total. The number of carbonyl (C=O) groups is 2. The zero-order valence-corrected chi connectivity index (χ0v) is 22.3. The summed E-state index contributed by atoms with van der Waals surface area (Å²) in [6, 6.07) is 21.1. The number of carbonyl (C=O) groups excluding carboxylic acids is 2. The molecule has 1 saturated carbocycles. The van der Waals surface area contributed by atoms with Crippen molar-refractivity contribution in [2.45, 2.75) is 32.6 Å². The Morgan fingerprint density at radius 1 is 0.975 bits per heavy atom. The number of benzene rings is 4. The van der Waals surface area contributed by atoms with Crippen LogP contribution in [0.15, 0.2) is 72.8 Å². The summed E-state index contributed by atoms with van der Waals surface area (Å²) in [5.74, 6) is -0.502. The molecule has 7 heteroatoms. The van der Waals surface area contributed by atoms with Gasteiger partial charge in [-0.15, -0.1) is 0 Å². The molecule has 0 spiro atoms. The van der Waals surface area contributed by atoms with Gasteiger partial charge < -0.3 is 21.4 Å². The second kappa shape index (κ2) is 10.5. The quantitative estimate of drug-likeness (QED) is 0.175. The van der Waals surface area contributed by atoms with Crippen LogP contribution in [0.3, 0.4) is 0 Å². The Bertz CT molecular complexity index is 1750. The van der Waals surface area contributed by atoms with Gasteiger partial charge in [0.05, 0.1) is 11.1 Å². The molecule has 0 radical (unpaired) electrons. The van der Waals surface area contributed by atoms with Gasteiger partial charge in [0, 0.05) is 39.8 Å². The highest BCUT2D eigenvalue weighted by Crippen LogP contribution is 2.40. The number of rotatable bonds is 7. The van der Waals surface area contributed by atoms with Gasteiger partial charge in [-0.05, 0) is 90.9 Å². The van der Waals surface area contributed by atoms with Crippen molar-refractivity contribution in [1.29, 1.82) is 0 Å². The largest absolute Gasteiger partial charge is 0.385 e. The van der Waals surface area contributed by atoms with E-state index in [4.69, 9.17) is 5.73 Å². The van der Waals surface area contributed by atoms with Gasteiger partial charge >= 0.3 is 0 Å². The summed E-state index contributed by atoms with van der Waals surface area (Å²) in [5.41, 5.74) is 12.6. The van der Waals surface area contributed by atoms with Crippen molar-refractivity contribution in [2.24, 2.45) is 11.7 Å². The third-order valence-corrected chi connectivity index (χ3v) is 8.07. The van der Waals surface area contributed by atoms with Crippen molar-refractivity contribution in [3.63, 3.8) is 0 Å². The van der Waals surface area contributed by atoms with E-state index in [0.29, 0.717) is 28.2 Å². The Hall–Kier alpha value is -4.65. The number of hydrogen-bond donors (Lipinski definition) is 4. The average molecular weight is 535 g/mol. The van der Waals surface area contributed by atoms with Crippen LogP contribution < -0.4 is 16.4 Å². The highest BCUT2D eigenvalue weighted by Gasteiger charge is 2.20. The first-order valence-electron chi connectivity index (χ1n) is 13.7. The van der Waals surface area contributed by atoms with Gasteiger partial charge in [-0.25, -0.2) is 4.39 Å². The summed E-state index contributed by atoms with van der Waals surface area (Å²) in [6.07, 6.45) is 5.16. The average Bonchev–Trinajstić information content (AvgIpc) is 3.60.